The molecule has 0 spiro atoms. The van der Waals surface area contributed by atoms with E-state index in [0.29, 0.717) is 47.7 Å². The van der Waals surface area contributed by atoms with Crippen LogP contribution >= 0.6 is 0 Å². The summed E-state index contributed by atoms with van der Waals surface area (Å²) in [6.45, 7) is 4.94. The van der Waals surface area contributed by atoms with Crippen LogP contribution in [0.1, 0.15) is 28.2 Å². The van der Waals surface area contributed by atoms with Crippen molar-refractivity contribution in [2.75, 3.05) is 32.6 Å². The third-order valence-corrected chi connectivity index (χ3v) is 6.60. The quantitative estimate of drug-likeness (QED) is 0.326. The Bertz CT molecular complexity index is 1670. The topological polar surface area (TPSA) is 118 Å². The van der Waals surface area contributed by atoms with E-state index in [1.807, 2.05) is 50.4 Å². The number of H-pyrrole nitrogens is 1. The maximum absolute atomic E-state index is 12.4. The number of fused-ring (bicyclic) bond motifs is 2. The fourth-order valence-electron chi connectivity index (χ4n) is 4.66. The molecule has 0 aliphatic carbocycles. The zero-order chi connectivity index (χ0) is 26.4. The molecule has 0 radical (unpaired) electrons. The van der Waals surface area contributed by atoms with Crippen LogP contribution in [-0.2, 0) is 4.74 Å². The first kappa shape index (κ1) is 23.9. The van der Waals surface area contributed by atoms with E-state index >= 15 is 0 Å². The zero-order valence-electron chi connectivity index (χ0n) is 21.7. The van der Waals surface area contributed by atoms with Gasteiger partial charge in [0.1, 0.15) is 17.3 Å². The number of aryl methyl sites for hydroxylation is 2. The van der Waals surface area contributed by atoms with E-state index in [9.17, 15) is 4.79 Å². The summed E-state index contributed by atoms with van der Waals surface area (Å²) in [5.74, 6) is 1.42. The highest BCUT2D eigenvalue weighted by atomic mass is 16.5. The molecule has 4 heterocycles. The van der Waals surface area contributed by atoms with Crippen molar-refractivity contribution in [1.29, 1.82) is 0 Å². The predicted molar refractivity (Wildman–Crippen MR) is 144 cm³/mol. The van der Waals surface area contributed by atoms with Crippen molar-refractivity contribution in [2.45, 2.75) is 26.4 Å². The van der Waals surface area contributed by atoms with Gasteiger partial charge in [0.05, 0.1) is 18.6 Å². The van der Waals surface area contributed by atoms with Crippen LogP contribution in [0.4, 0.5) is 11.6 Å². The Hall–Kier alpha value is -4.44. The molecule has 10 nitrogen and oxygen atoms in total. The second-order valence-electron chi connectivity index (χ2n) is 9.65. The van der Waals surface area contributed by atoms with Crippen molar-refractivity contribution in [3.63, 3.8) is 0 Å². The molecule has 3 aromatic heterocycles. The fourth-order valence-corrected chi connectivity index (χ4v) is 4.66. The predicted octanol–water partition coefficient (Wildman–Crippen LogP) is 5.00. The standard InChI is InChI=1S/C28H28N6O4/c1-15-11-18(27(35)34(3)4)6-7-21(15)31-28-32-25-24(26(33-28)38-19-9-10-36-14-19)20(13-29-25)17-5-8-22-23(12-17)37-16(2)30-22/h5-8,11-13,19H,9-10,14H2,1-4H3,(H2,29,31,32,33). The van der Waals surface area contributed by atoms with Gasteiger partial charge < -0.3 is 29.1 Å². The number of hydrogen-bond acceptors (Lipinski definition) is 8. The maximum Gasteiger partial charge on any atom is 0.253 e. The molecule has 10 heteroatoms. The molecule has 1 saturated heterocycles. The van der Waals surface area contributed by atoms with E-state index in [0.717, 1.165) is 39.7 Å². The molecule has 1 atom stereocenters. The molecule has 2 N–H and O–H groups in total. The molecule has 2 aromatic carbocycles. The number of nitrogens with zero attached hydrogens (tertiary/aromatic N) is 4. The van der Waals surface area contributed by atoms with E-state index in [4.69, 9.17) is 23.9 Å². The van der Waals surface area contributed by atoms with Crippen molar-refractivity contribution in [3.05, 3.63) is 59.6 Å². The zero-order valence-corrected chi connectivity index (χ0v) is 21.7. The van der Waals surface area contributed by atoms with Crippen molar-refractivity contribution >= 4 is 39.7 Å². The number of benzene rings is 2. The minimum Gasteiger partial charge on any atom is -0.471 e. The summed E-state index contributed by atoms with van der Waals surface area (Å²) in [6.07, 6.45) is 2.59. The van der Waals surface area contributed by atoms with E-state index in [1.165, 1.54) is 0 Å². The van der Waals surface area contributed by atoms with Crippen LogP contribution < -0.4 is 10.1 Å². The molecule has 0 bridgehead atoms. The SMILES string of the molecule is Cc1nc2ccc(-c3c[nH]c4nc(Nc5ccc(C(=O)N(C)C)cc5C)nc(OC5CCOC5)c34)cc2o1. The molecule has 1 aliphatic rings. The van der Waals surface area contributed by atoms with Crippen molar-refractivity contribution in [3.8, 4) is 17.0 Å². The highest BCUT2D eigenvalue weighted by molar-refractivity contribution is 5.99. The molecular formula is C28H28N6O4. The van der Waals surface area contributed by atoms with Crippen LogP contribution in [0.25, 0.3) is 33.3 Å². The number of rotatable bonds is 6. The van der Waals surface area contributed by atoms with Gasteiger partial charge in [-0.05, 0) is 48.4 Å². The largest absolute Gasteiger partial charge is 0.471 e. The van der Waals surface area contributed by atoms with Gasteiger partial charge in [0.2, 0.25) is 11.8 Å². The monoisotopic (exact) mass is 512 g/mol. The van der Waals surface area contributed by atoms with Gasteiger partial charge in [-0.25, -0.2) is 4.98 Å². The molecule has 1 fully saturated rings. The molecule has 38 heavy (non-hydrogen) atoms. The number of carbonyl (C=O) groups excluding carboxylic acids is 1. The van der Waals surface area contributed by atoms with Crippen LogP contribution in [0.2, 0.25) is 0 Å². The molecule has 0 saturated carbocycles. The summed E-state index contributed by atoms with van der Waals surface area (Å²) in [4.78, 5) is 31.1. The van der Waals surface area contributed by atoms with Crippen LogP contribution in [0.5, 0.6) is 5.88 Å². The Morgan fingerprint density at radius 2 is 2.00 bits per heavy atom. The van der Waals surface area contributed by atoms with Crippen molar-refractivity contribution in [1.82, 2.24) is 24.8 Å². The Morgan fingerprint density at radius 3 is 2.76 bits per heavy atom. The lowest BCUT2D eigenvalue weighted by molar-refractivity contribution is 0.0827. The number of carbonyl (C=O) groups is 1. The molecular weight excluding hydrogens is 484 g/mol. The number of hydrogen-bond donors (Lipinski definition) is 2. The number of anilines is 2. The minimum atomic E-state index is -0.0961. The smallest absolute Gasteiger partial charge is 0.253 e. The van der Waals surface area contributed by atoms with Gasteiger partial charge in [0, 0.05) is 50.5 Å². The third-order valence-electron chi connectivity index (χ3n) is 6.60. The highest BCUT2D eigenvalue weighted by Crippen LogP contribution is 2.37. The number of aromatic amines is 1. The average Bonchev–Trinajstić information content (AvgIpc) is 3.63. The summed E-state index contributed by atoms with van der Waals surface area (Å²) >= 11 is 0. The van der Waals surface area contributed by atoms with Gasteiger partial charge >= 0.3 is 0 Å². The van der Waals surface area contributed by atoms with E-state index in [1.54, 1.807) is 25.1 Å². The number of amides is 1. The first-order chi connectivity index (χ1) is 18.4. The lowest BCUT2D eigenvalue weighted by atomic mass is 10.1. The lowest BCUT2D eigenvalue weighted by Crippen LogP contribution is -2.21. The van der Waals surface area contributed by atoms with Crippen LogP contribution in [-0.4, -0.2) is 64.2 Å². The third kappa shape index (κ3) is 4.43. The second kappa shape index (κ2) is 9.46. The highest BCUT2D eigenvalue weighted by Gasteiger charge is 2.23. The van der Waals surface area contributed by atoms with Gasteiger partial charge in [-0.2, -0.15) is 9.97 Å². The summed E-state index contributed by atoms with van der Waals surface area (Å²) in [7, 11) is 3.47. The Morgan fingerprint density at radius 1 is 1.13 bits per heavy atom. The minimum absolute atomic E-state index is 0.0515. The van der Waals surface area contributed by atoms with Crippen molar-refractivity contribution in [2.24, 2.45) is 0 Å². The van der Waals surface area contributed by atoms with Gasteiger partial charge in [-0.1, -0.05) is 6.07 Å². The first-order valence-corrected chi connectivity index (χ1v) is 12.5. The number of aromatic nitrogens is 4. The van der Waals surface area contributed by atoms with E-state index < -0.39 is 0 Å². The van der Waals surface area contributed by atoms with Gasteiger partial charge in [0.15, 0.2) is 11.5 Å². The summed E-state index contributed by atoms with van der Waals surface area (Å²) in [5.41, 5.74) is 6.32. The van der Waals surface area contributed by atoms with Gasteiger partial charge in [-0.15, -0.1) is 0 Å². The average molecular weight is 513 g/mol. The number of ether oxygens (including phenoxy) is 2. The van der Waals surface area contributed by atoms with E-state index in [2.05, 4.69) is 15.3 Å². The van der Waals surface area contributed by atoms with Crippen LogP contribution in [0, 0.1) is 13.8 Å². The summed E-state index contributed by atoms with van der Waals surface area (Å²) < 4.78 is 17.7. The molecule has 1 unspecified atom stereocenters. The van der Waals surface area contributed by atoms with Crippen LogP contribution in [0.3, 0.4) is 0 Å². The van der Waals surface area contributed by atoms with Gasteiger partial charge in [0.25, 0.3) is 5.91 Å². The first-order valence-electron chi connectivity index (χ1n) is 12.5. The number of oxazole rings is 1. The molecule has 194 valence electrons. The molecule has 5 aromatic rings. The fraction of sp³-hybridized carbons (Fsp3) is 0.286. The van der Waals surface area contributed by atoms with Crippen LogP contribution in [0.15, 0.2) is 47.0 Å². The molecule has 1 amide bonds. The lowest BCUT2D eigenvalue weighted by Gasteiger charge is -2.15. The molecule has 1 aliphatic heterocycles. The Labute approximate surface area is 219 Å². The van der Waals surface area contributed by atoms with E-state index in [-0.39, 0.29) is 12.0 Å². The molecule has 6 rings (SSSR count). The Balaban J connectivity index is 1.40. The normalized spacial score (nSPS) is 15.3. The maximum atomic E-state index is 12.4. The summed E-state index contributed by atoms with van der Waals surface area (Å²) in [5, 5.41) is 4.08. The Kier molecular flexibility index (Phi) is 5.96. The van der Waals surface area contributed by atoms with Crippen molar-refractivity contribution < 1.29 is 18.7 Å². The number of nitrogens with one attached hydrogen (secondary N) is 2. The van der Waals surface area contributed by atoms with Gasteiger partial charge in [-0.3, -0.25) is 4.79 Å². The second-order valence-corrected chi connectivity index (χ2v) is 9.65. The summed E-state index contributed by atoms with van der Waals surface area (Å²) in [6, 6.07) is 11.4.